The smallest absolute Gasteiger partial charge is 0.304 e. The van der Waals surface area contributed by atoms with Crippen LogP contribution in [0.1, 0.15) is 54.7 Å². The number of hydrogen-bond donors (Lipinski definition) is 2. The average Bonchev–Trinajstić information content (AvgIpc) is 3.35. The Morgan fingerprint density at radius 2 is 1.91 bits per heavy atom. The van der Waals surface area contributed by atoms with Gasteiger partial charge in [-0.2, -0.15) is 4.98 Å². The summed E-state index contributed by atoms with van der Waals surface area (Å²) < 4.78 is 11.2. The van der Waals surface area contributed by atoms with Gasteiger partial charge < -0.3 is 19.5 Å². The van der Waals surface area contributed by atoms with Crippen LogP contribution in [0.15, 0.2) is 21.2 Å². The molecule has 8 nitrogen and oxygen atoms in total. The monoisotopic (exact) mass is 438 g/mol. The summed E-state index contributed by atoms with van der Waals surface area (Å²) in [6.45, 7) is 9.82. The zero-order valence-corrected chi connectivity index (χ0v) is 19.1. The third-order valence-electron chi connectivity index (χ3n) is 6.21. The number of nitrogens with one attached hydrogen (secondary N) is 1. The highest BCUT2D eigenvalue weighted by Crippen LogP contribution is 2.39. The molecule has 170 valence electrons. The SMILES string of the molecule is Cc1cc(-c2noc(-c3noc4c3CCC(C)(C)C4)n2)cc(C)c1CCNCCC(=O)O. The summed E-state index contributed by atoms with van der Waals surface area (Å²) in [7, 11) is 0. The van der Waals surface area contributed by atoms with Crippen LogP contribution in [0.2, 0.25) is 0 Å². The molecule has 0 saturated carbocycles. The molecule has 1 aromatic carbocycles. The fourth-order valence-corrected chi connectivity index (χ4v) is 4.38. The molecule has 0 spiro atoms. The molecule has 2 aromatic heterocycles. The zero-order valence-electron chi connectivity index (χ0n) is 19.1. The van der Waals surface area contributed by atoms with Gasteiger partial charge in [-0.25, -0.2) is 0 Å². The van der Waals surface area contributed by atoms with Crippen LogP contribution in [0.3, 0.4) is 0 Å². The Kier molecular flexibility index (Phi) is 6.15. The van der Waals surface area contributed by atoms with Crippen molar-refractivity contribution < 1.29 is 18.9 Å². The number of benzene rings is 1. The van der Waals surface area contributed by atoms with Crippen molar-refractivity contribution in [3.05, 3.63) is 40.1 Å². The predicted octanol–water partition coefficient (Wildman–Crippen LogP) is 4.13. The lowest BCUT2D eigenvalue weighted by Crippen LogP contribution is -2.21. The number of aliphatic carboxylic acids is 1. The number of carboxylic acid groups (broad SMARTS) is 1. The number of carbonyl (C=O) groups is 1. The third kappa shape index (κ3) is 4.75. The molecule has 1 aliphatic carbocycles. The second-order valence-corrected chi connectivity index (χ2v) is 9.43. The van der Waals surface area contributed by atoms with Crippen LogP contribution in [-0.2, 0) is 24.1 Å². The number of rotatable bonds is 8. The number of aryl methyl sites for hydroxylation is 2. The Morgan fingerprint density at radius 3 is 2.62 bits per heavy atom. The summed E-state index contributed by atoms with van der Waals surface area (Å²) in [5.74, 6) is 1.06. The molecular weight excluding hydrogens is 408 g/mol. The lowest BCUT2D eigenvalue weighted by Gasteiger charge is -2.27. The summed E-state index contributed by atoms with van der Waals surface area (Å²) in [5, 5.41) is 20.3. The van der Waals surface area contributed by atoms with Crippen LogP contribution in [0, 0.1) is 19.3 Å². The van der Waals surface area contributed by atoms with E-state index in [2.05, 4.69) is 60.4 Å². The predicted molar refractivity (Wildman–Crippen MR) is 119 cm³/mol. The number of carboxylic acids is 1. The lowest BCUT2D eigenvalue weighted by atomic mass is 9.77. The number of aromatic nitrogens is 3. The van der Waals surface area contributed by atoms with E-state index in [0.29, 0.717) is 24.0 Å². The largest absolute Gasteiger partial charge is 0.481 e. The van der Waals surface area contributed by atoms with Gasteiger partial charge in [0.15, 0.2) is 5.69 Å². The van der Waals surface area contributed by atoms with Crippen LogP contribution < -0.4 is 5.32 Å². The van der Waals surface area contributed by atoms with Gasteiger partial charge in [0.1, 0.15) is 5.76 Å². The van der Waals surface area contributed by atoms with Gasteiger partial charge >= 0.3 is 5.97 Å². The van der Waals surface area contributed by atoms with Crippen molar-refractivity contribution in [2.45, 2.75) is 59.8 Å². The Hall–Kier alpha value is -3.00. The molecule has 3 aromatic rings. The van der Waals surface area contributed by atoms with E-state index in [0.717, 1.165) is 60.2 Å². The van der Waals surface area contributed by atoms with Crippen LogP contribution in [0.5, 0.6) is 0 Å². The van der Waals surface area contributed by atoms with Crippen molar-refractivity contribution in [2.75, 3.05) is 13.1 Å². The van der Waals surface area contributed by atoms with E-state index in [4.69, 9.17) is 14.2 Å². The van der Waals surface area contributed by atoms with Crippen molar-refractivity contribution in [1.82, 2.24) is 20.6 Å². The van der Waals surface area contributed by atoms with Crippen LogP contribution in [0.4, 0.5) is 0 Å². The standard InChI is InChI=1S/C24H30N4O4/c1-14-11-16(12-15(2)17(14)6-9-25-10-7-20(29)30)22-26-23(32-28-22)21-18-5-8-24(3,4)13-19(18)31-27-21/h11-12,25H,5-10,13H2,1-4H3,(H,29,30). The minimum Gasteiger partial charge on any atom is -0.481 e. The quantitative estimate of drug-likeness (QED) is 0.505. The van der Waals surface area contributed by atoms with Gasteiger partial charge in [0.05, 0.1) is 6.42 Å². The molecule has 0 unspecified atom stereocenters. The van der Waals surface area contributed by atoms with Crippen molar-refractivity contribution in [2.24, 2.45) is 5.41 Å². The highest BCUT2D eigenvalue weighted by atomic mass is 16.5. The van der Waals surface area contributed by atoms with Gasteiger partial charge in [-0.1, -0.05) is 24.2 Å². The Labute approximate surface area is 187 Å². The van der Waals surface area contributed by atoms with Crippen LogP contribution in [-0.4, -0.2) is 39.5 Å². The van der Waals surface area contributed by atoms with Crippen molar-refractivity contribution >= 4 is 5.97 Å². The van der Waals surface area contributed by atoms with E-state index < -0.39 is 5.97 Å². The summed E-state index contributed by atoms with van der Waals surface area (Å²) in [6, 6.07) is 4.13. The number of hydrogen-bond acceptors (Lipinski definition) is 7. The molecule has 0 aliphatic heterocycles. The van der Waals surface area contributed by atoms with E-state index in [1.165, 1.54) is 5.56 Å². The van der Waals surface area contributed by atoms with E-state index >= 15 is 0 Å². The van der Waals surface area contributed by atoms with Gasteiger partial charge in [0.2, 0.25) is 5.82 Å². The van der Waals surface area contributed by atoms with Gasteiger partial charge in [0.25, 0.3) is 5.89 Å². The first-order chi connectivity index (χ1) is 15.2. The zero-order chi connectivity index (χ0) is 22.9. The molecule has 0 saturated heterocycles. The maximum atomic E-state index is 10.6. The molecule has 0 fully saturated rings. The summed E-state index contributed by atoms with van der Waals surface area (Å²) >= 11 is 0. The first kappa shape index (κ1) is 22.2. The van der Waals surface area contributed by atoms with Gasteiger partial charge in [0, 0.05) is 24.1 Å². The summed E-state index contributed by atoms with van der Waals surface area (Å²) in [5.41, 5.74) is 6.39. The minimum atomic E-state index is -0.788. The summed E-state index contributed by atoms with van der Waals surface area (Å²) in [4.78, 5) is 15.2. The van der Waals surface area contributed by atoms with Gasteiger partial charge in [-0.05, 0) is 73.9 Å². The van der Waals surface area contributed by atoms with E-state index in [9.17, 15) is 4.79 Å². The van der Waals surface area contributed by atoms with Crippen LogP contribution in [0.25, 0.3) is 23.0 Å². The molecule has 8 heteroatoms. The molecule has 1 aliphatic rings. The second kappa shape index (κ2) is 8.86. The molecule has 0 radical (unpaired) electrons. The molecule has 4 rings (SSSR count). The Morgan fingerprint density at radius 1 is 1.16 bits per heavy atom. The minimum absolute atomic E-state index is 0.129. The molecule has 0 amide bonds. The average molecular weight is 439 g/mol. The number of nitrogens with zero attached hydrogens (tertiary/aromatic N) is 3. The molecule has 0 atom stereocenters. The van der Waals surface area contributed by atoms with Crippen molar-refractivity contribution in [1.29, 1.82) is 0 Å². The lowest BCUT2D eigenvalue weighted by molar-refractivity contribution is -0.136. The summed E-state index contributed by atoms with van der Waals surface area (Å²) in [6.07, 6.45) is 3.79. The molecule has 0 bridgehead atoms. The normalized spacial score (nSPS) is 15.0. The highest BCUT2D eigenvalue weighted by Gasteiger charge is 2.32. The first-order valence-electron chi connectivity index (χ1n) is 11.1. The van der Waals surface area contributed by atoms with E-state index in [1.54, 1.807) is 0 Å². The highest BCUT2D eigenvalue weighted by molar-refractivity contribution is 5.66. The fourth-order valence-electron chi connectivity index (χ4n) is 4.38. The molecule has 2 N–H and O–H groups in total. The maximum absolute atomic E-state index is 10.6. The second-order valence-electron chi connectivity index (χ2n) is 9.43. The number of fused-ring (bicyclic) bond motifs is 1. The molecule has 2 heterocycles. The van der Waals surface area contributed by atoms with Crippen LogP contribution >= 0.6 is 0 Å². The van der Waals surface area contributed by atoms with E-state index in [1.807, 2.05) is 0 Å². The molecule has 32 heavy (non-hydrogen) atoms. The fraction of sp³-hybridized carbons (Fsp3) is 0.500. The van der Waals surface area contributed by atoms with Gasteiger partial charge in [-0.3, -0.25) is 4.79 Å². The topological polar surface area (TPSA) is 114 Å². The van der Waals surface area contributed by atoms with Crippen molar-refractivity contribution in [3.8, 4) is 23.0 Å². The maximum Gasteiger partial charge on any atom is 0.304 e. The Bertz CT molecular complexity index is 1110. The first-order valence-corrected chi connectivity index (χ1v) is 11.1. The Balaban J connectivity index is 1.49. The van der Waals surface area contributed by atoms with Gasteiger partial charge in [-0.15, -0.1) is 0 Å². The molecular formula is C24H30N4O4. The van der Waals surface area contributed by atoms with E-state index in [-0.39, 0.29) is 11.8 Å². The van der Waals surface area contributed by atoms with Crippen molar-refractivity contribution in [3.63, 3.8) is 0 Å². The third-order valence-corrected chi connectivity index (χ3v) is 6.21.